The lowest BCUT2D eigenvalue weighted by atomic mass is 10.0. The second-order valence-corrected chi connectivity index (χ2v) is 5.42. The molecule has 1 N–H and O–H groups in total. The van der Waals surface area contributed by atoms with E-state index in [9.17, 15) is 0 Å². The first-order chi connectivity index (χ1) is 10.4. The number of anilines is 2. The predicted octanol–water partition coefficient (Wildman–Crippen LogP) is 2.90. The molecule has 21 heavy (non-hydrogen) atoms. The van der Waals surface area contributed by atoms with Crippen molar-refractivity contribution in [1.29, 1.82) is 0 Å². The van der Waals surface area contributed by atoms with Crippen LogP contribution < -0.4 is 10.2 Å². The van der Waals surface area contributed by atoms with E-state index in [1.807, 2.05) is 12.3 Å². The molecule has 3 rings (SSSR count). The Morgan fingerprint density at radius 1 is 1.10 bits per heavy atom. The van der Waals surface area contributed by atoms with Gasteiger partial charge in [0.2, 0.25) is 5.95 Å². The van der Waals surface area contributed by atoms with Gasteiger partial charge in [-0.05, 0) is 36.5 Å². The summed E-state index contributed by atoms with van der Waals surface area (Å²) < 4.78 is 0. The third-order valence-electron chi connectivity index (χ3n) is 3.92. The molecule has 0 radical (unpaired) electrons. The van der Waals surface area contributed by atoms with Gasteiger partial charge in [0.25, 0.3) is 0 Å². The summed E-state index contributed by atoms with van der Waals surface area (Å²) in [4.78, 5) is 11.3. The van der Waals surface area contributed by atoms with Crippen LogP contribution in [0.2, 0.25) is 0 Å². The molecule has 0 bridgehead atoms. The van der Waals surface area contributed by atoms with Gasteiger partial charge in [0.15, 0.2) is 0 Å². The molecule has 1 aliphatic rings. The summed E-state index contributed by atoms with van der Waals surface area (Å²) in [7, 11) is 0. The number of hydrogen-bond acceptors (Lipinski definition) is 4. The molecule has 0 fully saturated rings. The van der Waals surface area contributed by atoms with Crippen molar-refractivity contribution in [3.8, 4) is 0 Å². The molecule has 1 aromatic carbocycles. The molecule has 110 valence electrons. The van der Waals surface area contributed by atoms with Crippen molar-refractivity contribution in [2.75, 3.05) is 29.9 Å². The topological polar surface area (TPSA) is 41.1 Å². The standard InChI is InChI=1S/C17H22N4/c1-2-10-18-17-19-11-7-16(20-17)21-12-8-14-5-3-4-6-15(14)9-13-21/h3-7,11H,2,8-10,12-13H2,1H3,(H,18,19,20). The van der Waals surface area contributed by atoms with Crippen molar-refractivity contribution in [2.24, 2.45) is 0 Å². The Morgan fingerprint density at radius 3 is 2.48 bits per heavy atom. The van der Waals surface area contributed by atoms with Crippen molar-refractivity contribution < 1.29 is 0 Å². The molecule has 0 amide bonds. The van der Waals surface area contributed by atoms with Crippen LogP contribution in [0.3, 0.4) is 0 Å². The molecular formula is C17H22N4. The Kier molecular flexibility index (Phi) is 4.34. The molecule has 4 heteroatoms. The second-order valence-electron chi connectivity index (χ2n) is 5.42. The first-order valence-electron chi connectivity index (χ1n) is 7.75. The third kappa shape index (κ3) is 3.32. The zero-order valence-corrected chi connectivity index (χ0v) is 12.5. The van der Waals surface area contributed by atoms with Crippen molar-refractivity contribution >= 4 is 11.8 Å². The van der Waals surface area contributed by atoms with Gasteiger partial charge in [0, 0.05) is 25.8 Å². The van der Waals surface area contributed by atoms with Gasteiger partial charge in [-0.1, -0.05) is 31.2 Å². The normalized spacial score (nSPS) is 14.4. The number of nitrogens with zero attached hydrogens (tertiary/aromatic N) is 3. The van der Waals surface area contributed by atoms with Crippen LogP contribution in [0.1, 0.15) is 24.5 Å². The van der Waals surface area contributed by atoms with Gasteiger partial charge >= 0.3 is 0 Å². The summed E-state index contributed by atoms with van der Waals surface area (Å²) in [5.74, 6) is 1.76. The molecule has 0 saturated carbocycles. The highest BCUT2D eigenvalue weighted by molar-refractivity contribution is 5.44. The maximum atomic E-state index is 4.64. The number of nitrogens with one attached hydrogen (secondary N) is 1. The first kappa shape index (κ1) is 13.9. The monoisotopic (exact) mass is 282 g/mol. The SMILES string of the molecule is CCCNc1nccc(N2CCc3ccccc3CC2)n1. The fourth-order valence-corrected chi connectivity index (χ4v) is 2.74. The highest BCUT2D eigenvalue weighted by atomic mass is 15.2. The summed E-state index contributed by atoms with van der Waals surface area (Å²) in [5.41, 5.74) is 2.94. The second kappa shape index (κ2) is 6.57. The summed E-state index contributed by atoms with van der Waals surface area (Å²) in [6.45, 7) is 5.08. The van der Waals surface area contributed by atoms with E-state index < -0.39 is 0 Å². The van der Waals surface area contributed by atoms with E-state index in [0.717, 1.165) is 50.7 Å². The summed E-state index contributed by atoms with van der Waals surface area (Å²) >= 11 is 0. The average molecular weight is 282 g/mol. The van der Waals surface area contributed by atoms with Crippen molar-refractivity contribution in [3.63, 3.8) is 0 Å². The van der Waals surface area contributed by atoms with Crippen LogP contribution >= 0.6 is 0 Å². The minimum Gasteiger partial charge on any atom is -0.356 e. The highest BCUT2D eigenvalue weighted by Crippen LogP contribution is 2.20. The lowest BCUT2D eigenvalue weighted by Crippen LogP contribution is -2.27. The Labute approximate surface area is 126 Å². The quantitative estimate of drug-likeness (QED) is 0.936. The molecule has 2 heterocycles. The fourth-order valence-electron chi connectivity index (χ4n) is 2.74. The van der Waals surface area contributed by atoms with Crippen LogP contribution in [0.15, 0.2) is 36.5 Å². The van der Waals surface area contributed by atoms with Crippen LogP contribution in [0, 0.1) is 0 Å². The van der Waals surface area contributed by atoms with Crippen LogP contribution in [-0.2, 0) is 12.8 Å². The Hall–Kier alpha value is -2.10. The van der Waals surface area contributed by atoms with Gasteiger partial charge in [-0.2, -0.15) is 4.98 Å². The zero-order valence-electron chi connectivity index (χ0n) is 12.5. The molecule has 4 nitrogen and oxygen atoms in total. The zero-order chi connectivity index (χ0) is 14.5. The molecular weight excluding hydrogens is 260 g/mol. The Balaban J connectivity index is 1.73. The molecule has 1 aliphatic heterocycles. The smallest absolute Gasteiger partial charge is 0.224 e. The average Bonchev–Trinajstić information content (AvgIpc) is 2.76. The fraction of sp³-hybridized carbons (Fsp3) is 0.412. The van der Waals surface area contributed by atoms with Crippen LogP contribution in [0.25, 0.3) is 0 Å². The maximum Gasteiger partial charge on any atom is 0.224 e. The molecule has 0 aliphatic carbocycles. The number of fused-ring (bicyclic) bond motifs is 1. The Morgan fingerprint density at radius 2 is 1.81 bits per heavy atom. The van der Waals surface area contributed by atoms with E-state index in [0.29, 0.717) is 0 Å². The van der Waals surface area contributed by atoms with Gasteiger partial charge < -0.3 is 10.2 Å². The first-order valence-corrected chi connectivity index (χ1v) is 7.75. The molecule has 0 atom stereocenters. The highest BCUT2D eigenvalue weighted by Gasteiger charge is 2.15. The van der Waals surface area contributed by atoms with Gasteiger partial charge in [-0.3, -0.25) is 0 Å². The molecule has 0 unspecified atom stereocenters. The summed E-state index contributed by atoms with van der Waals surface area (Å²) in [5, 5.41) is 3.26. The van der Waals surface area contributed by atoms with Crippen molar-refractivity contribution in [2.45, 2.75) is 26.2 Å². The number of aromatic nitrogens is 2. The lowest BCUT2D eigenvalue weighted by Gasteiger charge is -2.21. The van der Waals surface area contributed by atoms with Gasteiger partial charge in [0.1, 0.15) is 5.82 Å². The Bertz CT molecular complexity index is 570. The minimum absolute atomic E-state index is 0.733. The largest absolute Gasteiger partial charge is 0.356 e. The number of benzene rings is 1. The lowest BCUT2D eigenvalue weighted by molar-refractivity contribution is 0.787. The van der Waals surface area contributed by atoms with Gasteiger partial charge in [-0.25, -0.2) is 4.98 Å². The third-order valence-corrected chi connectivity index (χ3v) is 3.92. The van der Waals surface area contributed by atoms with E-state index >= 15 is 0 Å². The van der Waals surface area contributed by atoms with Crippen molar-refractivity contribution in [3.05, 3.63) is 47.7 Å². The van der Waals surface area contributed by atoms with Gasteiger partial charge in [0.05, 0.1) is 0 Å². The van der Waals surface area contributed by atoms with Gasteiger partial charge in [-0.15, -0.1) is 0 Å². The van der Waals surface area contributed by atoms with E-state index in [-0.39, 0.29) is 0 Å². The number of hydrogen-bond donors (Lipinski definition) is 1. The van der Waals surface area contributed by atoms with Crippen LogP contribution in [0.5, 0.6) is 0 Å². The van der Waals surface area contributed by atoms with Crippen molar-refractivity contribution in [1.82, 2.24) is 9.97 Å². The predicted molar refractivity (Wildman–Crippen MR) is 86.9 cm³/mol. The maximum absolute atomic E-state index is 4.64. The van der Waals surface area contributed by atoms with E-state index in [1.165, 1.54) is 11.1 Å². The molecule has 2 aromatic rings. The van der Waals surface area contributed by atoms with Crippen LogP contribution in [-0.4, -0.2) is 29.6 Å². The molecule has 0 saturated heterocycles. The minimum atomic E-state index is 0.733. The molecule has 0 spiro atoms. The van der Waals surface area contributed by atoms with Crippen LogP contribution in [0.4, 0.5) is 11.8 Å². The molecule has 1 aromatic heterocycles. The number of rotatable bonds is 4. The summed E-state index contributed by atoms with van der Waals surface area (Å²) in [6.07, 6.45) is 5.08. The summed E-state index contributed by atoms with van der Waals surface area (Å²) in [6, 6.07) is 10.8. The van der Waals surface area contributed by atoms with E-state index in [1.54, 1.807) is 0 Å². The van der Waals surface area contributed by atoms with E-state index in [2.05, 4.69) is 51.4 Å². The van der Waals surface area contributed by atoms with E-state index in [4.69, 9.17) is 0 Å².